The fourth-order valence-electron chi connectivity index (χ4n) is 1.88. The molecule has 2 rings (SSSR count). The third kappa shape index (κ3) is 3.12. The summed E-state index contributed by atoms with van der Waals surface area (Å²) in [5, 5.41) is 11.4. The summed E-state index contributed by atoms with van der Waals surface area (Å²) in [7, 11) is 1.92. The van der Waals surface area contributed by atoms with E-state index in [-0.39, 0.29) is 6.04 Å². The zero-order chi connectivity index (χ0) is 13.8. The van der Waals surface area contributed by atoms with Crippen LogP contribution in [0.25, 0.3) is 0 Å². The molecule has 1 heterocycles. The van der Waals surface area contributed by atoms with E-state index in [4.69, 9.17) is 4.42 Å². The van der Waals surface area contributed by atoms with Gasteiger partial charge in [-0.25, -0.2) is 0 Å². The minimum Gasteiger partial charge on any atom is -0.406 e. The van der Waals surface area contributed by atoms with Crippen LogP contribution in [0.4, 0.5) is 11.7 Å². The van der Waals surface area contributed by atoms with Crippen molar-refractivity contribution < 1.29 is 4.42 Å². The Morgan fingerprint density at radius 1 is 1.37 bits per heavy atom. The Hall–Kier alpha value is -1.88. The van der Waals surface area contributed by atoms with Crippen molar-refractivity contribution in [3.05, 3.63) is 35.7 Å². The zero-order valence-electron chi connectivity index (χ0n) is 11.8. The first-order valence-electron chi connectivity index (χ1n) is 6.49. The molecule has 0 radical (unpaired) electrons. The average molecular weight is 260 g/mol. The van der Waals surface area contributed by atoms with Crippen molar-refractivity contribution in [2.75, 3.05) is 18.5 Å². The number of hydrogen-bond acceptors (Lipinski definition) is 5. The van der Waals surface area contributed by atoms with Crippen molar-refractivity contribution in [2.24, 2.45) is 0 Å². The van der Waals surface area contributed by atoms with Crippen LogP contribution in [-0.2, 0) is 0 Å². The number of benzene rings is 1. The summed E-state index contributed by atoms with van der Waals surface area (Å²) in [5.74, 6) is 0.608. The van der Waals surface area contributed by atoms with Gasteiger partial charge in [0.1, 0.15) is 0 Å². The lowest BCUT2D eigenvalue weighted by Crippen LogP contribution is -2.17. The Labute approximate surface area is 113 Å². The zero-order valence-corrected chi connectivity index (χ0v) is 11.8. The molecule has 0 aliphatic heterocycles. The lowest BCUT2D eigenvalue weighted by Gasteiger charge is -2.14. The molecule has 0 fully saturated rings. The van der Waals surface area contributed by atoms with E-state index in [0.29, 0.717) is 11.9 Å². The summed E-state index contributed by atoms with van der Waals surface area (Å²) >= 11 is 0. The number of aryl methyl sites for hydroxylation is 1. The summed E-state index contributed by atoms with van der Waals surface area (Å²) < 4.78 is 5.70. The highest BCUT2D eigenvalue weighted by Crippen LogP contribution is 2.24. The van der Waals surface area contributed by atoms with Gasteiger partial charge in [-0.1, -0.05) is 24.2 Å². The molecular weight excluding hydrogens is 240 g/mol. The van der Waals surface area contributed by atoms with E-state index in [0.717, 1.165) is 12.2 Å². The Kier molecular flexibility index (Phi) is 4.16. The molecule has 102 valence electrons. The molecule has 1 N–H and O–H groups in total. The van der Waals surface area contributed by atoms with E-state index in [1.165, 1.54) is 5.56 Å². The van der Waals surface area contributed by atoms with Gasteiger partial charge in [0.2, 0.25) is 5.89 Å². The summed E-state index contributed by atoms with van der Waals surface area (Å²) in [6.45, 7) is 6.98. The summed E-state index contributed by atoms with van der Waals surface area (Å²) in [5.41, 5.74) is 2.23. The lowest BCUT2D eigenvalue weighted by molar-refractivity contribution is 0.425. The maximum Gasteiger partial charge on any atom is 0.322 e. The normalized spacial score (nSPS) is 12.4. The van der Waals surface area contributed by atoms with Gasteiger partial charge in [0.25, 0.3) is 0 Å². The molecule has 1 unspecified atom stereocenters. The number of rotatable bonds is 5. The molecular formula is C14H20N4O. The number of hydrogen-bond donors (Lipinski definition) is 1. The van der Waals surface area contributed by atoms with Gasteiger partial charge in [0.15, 0.2) is 0 Å². The van der Waals surface area contributed by atoms with E-state index >= 15 is 0 Å². The molecule has 0 saturated carbocycles. The van der Waals surface area contributed by atoms with E-state index in [1.54, 1.807) is 0 Å². The second-order valence-electron chi connectivity index (χ2n) is 4.60. The topological polar surface area (TPSA) is 54.2 Å². The van der Waals surface area contributed by atoms with Crippen LogP contribution in [0, 0.1) is 6.92 Å². The van der Waals surface area contributed by atoms with E-state index in [1.807, 2.05) is 37.9 Å². The minimum absolute atomic E-state index is 0.0668. The number of aromatic nitrogens is 2. The first-order chi connectivity index (χ1) is 9.11. The molecule has 1 atom stereocenters. The Bertz CT molecular complexity index is 538. The van der Waals surface area contributed by atoms with Gasteiger partial charge in [-0.05, 0) is 38.1 Å². The molecule has 0 aliphatic rings. The number of nitrogens with zero attached hydrogens (tertiary/aromatic N) is 3. The smallest absolute Gasteiger partial charge is 0.322 e. The second kappa shape index (κ2) is 5.84. The molecule has 19 heavy (non-hydrogen) atoms. The third-order valence-electron chi connectivity index (χ3n) is 2.99. The molecule has 2 aromatic rings. The number of anilines is 2. The van der Waals surface area contributed by atoms with Crippen molar-refractivity contribution in [3.63, 3.8) is 0 Å². The second-order valence-corrected chi connectivity index (χ2v) is 4.60. The van der Waals surface area contributed by atoms with Crippen molar-refractivity contribution in [1.29, 1.82) is 0 Å². The Balaban J connectivity index is 2.18. The van der Waals surface area contributed by atoms with Gasteiger partial charge in [-0.3, -0.25) is 4.90 Å². The summed E-state index contributed by atoms with van der Waals surface area (Å²) in [4.78, 5) is 1.89. The van der Waals surface area contributed by atoms with Gasteiger partial charge in [0, 0.05) is 12.7 Å². The quantitative estimate of drug-likeness (QED) is 0.896. The van der Waals surface area contributed by atoms with Crippen molar-refractivity contribution in [1.82, 2.24) is 15.5 Å². The van der Waals surface area contributed by atoms with Crippen LogP contribution in [0.3, 0.4) is 0 Å². The fraction of sp³-hybridized carbons (Fsp3) is 0.429. The average Bonchev–Trinajstić information content (AvgIpc) is 2.88. The molecule has 1 aromatic heterocycles. The van der Waals surface area contributed by atoms with E-state index in [2.05, 4.69) is 34.6 Å². The maximum absolute atomic E-state index is 5.70. The highest BCUT2D eigenvalue weighted by atomic mass is 16.4. The monoisotopic (exact) mass is 260 g/mol. The van der Waals surface area contributed by atoms with Gasteiger partial charge in [0.05, 0.1) is 6.04 Å². The van der Waals surface area contributed by atoms with E-state index in [9.17, 15) is 0 Å². The third-order valence-corrected chi connectivity index (χ3v) is 2.99. The van der Waals surface area contributed by atoms with Gasteiger partial charge in [-0.15, -0.1) is 5.10 Å². The number of nitrogens with one attached hydrogen (secondary N) is 1. The standard InChI is InChI=1S/C14H20N4O/c1-5-15-11(3)13-16-17-14(19-13)18(4)12-8-6-7-10(2)9-12/h6-9,11,15H,5H2,1-4H3. The fourth-order valence-corrected chi connectivity index (χ4v) is 1.88. The maximum atomic E-state index is 5.70. The summed E-state index contributed by atoms with van der Waals surface area (Å²) in [6.07, 6.45) is 0. The predicted octanol–water partition coefficient (Wildman–Crippen LogP) is 2.82. The molecule has 0 aliphatic carbocycles. The molecule has 0 amide bonds. The Morgan fingerprint density at radius 3 is 2.84 bits per heavy atom. The highest BCUT2D eigenvalue weighted by Gasteiger charge is 2.16. The van der Waals surface area contributed by atoms with Gasteiger partial charge >= 0.3 is 6.01 Å². The SMILES string of the molecule is CCNC(C)c1nnc(N(C)c2cccc(C)c2)o1. The molecule has 0 bridgehead atoms. The van der Waals surface area contributed by atoms with Crippen LogP contribution in [0.15, 0.2) is 28.7 Å². The van der Waals surface area contributed by atoms with E-state index < -0.39 is 0 Å². The van der Waals surface area contributed by atoms with Crippen molar-refractivity contribution in [2.45, 2.75) is 26.8 Å². The molecule has 5 nitrogen and oxygen atoms in total. The van der Waals surface area contributed by atoms with Crippen LogP contribution < -0.4 is 10.2 Å². The van der Waals surface area contributed by atoms with Gasteiger partial charge in [-0.2, -0.15) is 0 Å². The molecule has 0 saturated heterocycles. The van der Waals surface area contributed by atoms with Crippen molar-refractivity contribution in [3.8, 4) is 0 Å². The van der Waals surface area contributed by atoms with Gasteiger partial charge < -0.3 is 9.73 Å². The molecule has 5 heteroatoms. The largest absolute Gasteiger partial charge is 0.406 e. The van der Waals surface area contributed by atoms with Crippen LogP contribution in [0.2, 0.25) is 0 Å². The lowest BCUT2D eigenvalue weighted by atomic mass is 10.2. The summed E-state index contributed by atoms with van der Waals surface area (Å²) in [6, 6.07) is 8.74. The first kappa shape index (κ1) is 13.5. The van der Waals surface area contributed by atoms with Crippen LogP contribution in [0.1, 0.15) is 31.3 Å². The first-order valence-corrected chi connectivity index (χ1v) is 6.49. The molecule has 1 aromatic carbocycles. The van der Waals surface area contributed by atoms with Crippen LogP contribution >= 0.6 is 0 Å². The predicted molar refractivity (Wildman–Crippen MR) is 75.6 cm³/mol. The van der Waals surface area contributed by atoms with Crippen LogP contribution in [-0.4, -0.2) is 23.8 Å². The van der Waals surface area contributed by atoms with Crippen molar-refractivity contribution >= 4 is 11.7 Å². The minimum atomic E-state index is 0.0668. The van der Waals surface area contributed by atoms with Crippen LogP contribution in [0.5, 0.6) is 0 Å². The highest BCUT2D eigenvalue weighted by molar-refractivity contribution is 5.55. The Morgan fingerprint density at radius 2 is 2.16 bits per heavy atom. The molecule has 0 spiro atoms.